The maximum atomic E-state index is 5.70. The van der Waals surface area contributed by atoms with E-state index in [0.717, 1.165) is 11.4 Å². The Morgan fingerprint density at radius 3 is 2.83 bits per heavy atom. The summed E-state index contributed by atoms with van der Waals surface area (Å²) in [6.45, 7) is 4.28. The smallest absolute Gasteiger partial charge is 0.0668 e. The molecule has 0 fully saturated rings. The first-order chi connectivity index (χ1) is 5.59. The highest BCUT2D eigenvalue weighted by atomic mass is 14.8. The zero-order chi connectivity index (χ0) is 8.77. The van der Waals surface area contributed by atoms with Crippen LogP contribution >= 0.6 is 0 Å². The van der Waals surface area contributed by atoms with Gasteiger partial charge in [-0.05, 0) is 23.8 Å². The summed E-state index contributed by atoms with van der Waals surface area (Å²) in [5.41, 5.74) is 8.83. The number of anilines is 1. The molecule has 1 heterocycles. The number of nitrogens with zero attached hydrogens (tertiary/aromatic N) is 1. The van der Waals surface area contributed by atoms with Gasteiger partial charge in [-0.3, -0.25) is 4.99 Å². The molecule has 2 N–H and O–H groups in total. The summed E-state index contributed by atoms with van der Waals surface area (Å²) in [7, 11) is 0. The van der Waals surface area contributed by atoms with Crippen LogP contribution in [0.15, 0.2) is 23.2 Å². The number of nitrogens with two attached hydrogens (primary N) is 1. The molecule has 0 atom stereocenters. The summed E-state index contributed by atoms with van der Waals surface area (Å²) >= 11 is 0. The normalized spacial score (nSPS) is 17.8. The lowest BCUT2D eigenvalue weighted by atomic mass is 9.87. The van der Waals surface area contributed by atoms with Crippen LogP contribution in [-0.2, 0) is 5.41 Å². The van der Waals surface area contributed by atoms with E-state index in [0.29, 0.717) is 0 Å². The minimum Gasteiger partial charge on any atom is -0.399 e. The van der Waals surface area contributed by atoms with Crippen molar-refractivity contribution in [1.29, 1.82) is 0 Å². The van der Waals surface area contributed by atoms with Gasteiger partial charge in [0.05, 0.1) is 5.69 Å². The van der Waals surface area contributed by atoms with Crippen molar-refractivity contribution in [2.75, 3.05) is 5.73 Å². The quantitative estimate of drug-likeness (QED) is 0.581. The van der Waals surface area contributed by atoms with Crippen LogP contribution in [0.4, 0.5) is 11.4 Å². The van der Waals surface area contributed by atoms with Crippen molar-refractivity contribution in [3.63, 3.8) is 0 Å². The Balaban J connectivity index is 2.63. The first-order valence-electron chi connectivity index (χ1n) is 4.05. The third-order valence-corrected chi connectivity index (χ3v) is 2.24. The fourth-order valence-corrected chi connectivity index (χ4v) is 1.48. The minimum absolute atomic E-state index is 0.0463. The third kappa shape index (κ3) is 0.916. The molecular weight excluding hydrogens is 148 g/mol. The lowest BCUT2D eigenvalue weighted by Gasteiger charge is -2.15. The SMILES string of the molecule is CC1(C)C=Nc2ccc(N)cc21. The summed E-state index contributed by atoms with van der Waals surface area (Å²) < 4.78 is 0. The molecule has 0 radical (unpaired) electrons. The molecule has 1 aliphatic rings. The topological polar surface area (TPSA) is 38.4 Å². The molecule has 1 aliphatic heterocycles. The summed E-state index contributed by atoms with van der Waals surface area (Å²) in [6.07, 6.45) is 1.97. The molecule has 12 heavy (non-hydrogen) atoms. The van der Waals surface area contributed by atoms with Crippen LogP contribution in [0.3, 0.4) is 0 Å². The van der Waals surface area contributed by atoms with Crippen LogP contribution in [-0.4, -0.2) is 6.21 Å². The second kappa shape index (κ2) is 2.09. The molecule has 0 aromatic heterocycles. The Morgan fingerprint density at radius 1 is 1.33 bits per heavy atom. The van der Waals surface area contributed by atoms with Gasteiger partial charge in [0.25, 0.3) is 0 Å². The average Bonchev–Trinajstić information content (AvgIpc) is 2.28. The van der Waals surface area contributed by atoms with E-state index < -0.39 is 0 Å². The maximum absolute atomic E-state index is 5.70. The summed E-state index contributed by atoms with van der Waals surface area (Å²) in [5, 5.41) is 0. The summed E-state index contributed by atoms with van der Waals surface area (Å²) in [5.74, 6) is 0. The first-order valence-corrected chi connectivity index (χ1v) is 4.05. The van der Waals surface area contributed by atoms with Gasteiger partial charge in [-0.15, -0.1) is 0 Å². The molecule has 0 amide bonds. The van der Waals surface area contributed by atoms with Gasteiger partial charge < -0.3 is 5.73 Å². The number of rotatable bonds is 0. The van der Waals surface area contributed by atoms with Crippen molar-refractivity contribution in [2.45, 2.75) is 19.3 Å². The molecule has 0 spiro atoms. The van der Waals surface area contributed by atoms with Crippen molar-refractivity contribution in [3.05, 3.63) is 23.8 Å². The lowest BCUT2D eigenvalue weighted by molar-refractivity contribution is 0.753. The fourth-order valence-electron chi connectivity index (χ4n) is 1.48. The van der Waals surface area contributed by atoms with Gasteiger partial charge in [-0.1, -0.05) is 13.8 Å². The summed E-state index contributed by atoms with van der Waals surface area (Å²) in [6, 6.07) is 5.86. The molecule has 0 aliphatic carbocycles. The van der Waals surface area contributed by atoms with Crippen molar-refractivity contribution >= 4 is 17.6 Å². The third-order valence-electron chi connectivity index (χ3n) is 2.24. The van der Waals surface area contributed by atoms with Gasteiger partial charge in [0.1, 0.15) is 0 Å². The summed E-state index contributed by atoms with van der Waals surface area (Å²) in [4.78, 5) is 4.31. The Labute approximate surface area is 72.1 Å². The van der Waals surface area contributed by atoms with Gasteiger partial charge in [0.15, 0.2) is 0 Å². The largest absolute Gasteiger partial charge is 0.399 e. The van der Waals surface area contributed by atoms with Crippen LogP contribution < -0.4 is 5.73 Å². The van der Waals surface area contributed by atoms with Crippen LogP contribution in [0.2, 0.25) is 0 Å². The molecule has 0 bridgehead atoms. The van der Waals surface area contributed by atoms with Crippen LogP contribution in [0.25, 0.3) is 0 Å². The molecular formula is C10H12N2. The second-order valence-corrected chi connectivity index (χ2v) is 3.76. The Morgan fingerprint density at radius 2 is 2.08 bits per heavy atom. The average molecular weight is 160 g/mol. The van der Waals surface area contributed by atoms with E-state index in [1.165, 1.54) is 5.56 Å². The molecule has 0 unspecified atom stereocenters. The van der Waals surface area contributed by atoms with Crippen molar-refractivity contribution < 1.29 is 0 Å². The van der Waals surface area contributed by atoms with Gasteiger partial charge in [0, 0.05) is 17.3 Å². The predicted octanol–water partition coefficient (Wildman–Crippen LogP) is 2.26. The van der Waals surface area contributed by atoms with Crippen molar-refractivity contribution in [3.8, 4) is 0 Å². The Hall–Kier alpha value is -1.31. The van der Waals surface area contributed by atoms with E-state index in [4.69, 9.17) is 5.73 Å². The standard InChI is InChI=1S/C10H12N2/c1-10(2)6-12-9-4-3-7(11)5-8(9)10/h3-6H,11H2,1-2H3. The second-order valence-electron chi connectivity index (χ2n) is 3.76. The molecule has 62 valence electrons. The van der Waals surface area contributed by atoms with Gasteiger partial charge in [0.2, 0.25) is 0 Å². The molecule has 1 aromatic carbocycles. The van der Waals surface area contributed by atoms with Gasteiger partial charge in [-0.25, -0.2) is 0 Å². The highest BCUT2D eigenvalue weighted by Crippen LogP contribution is 2.37. The number of nitrogen functional groups attached to an aromatic ring is 1. The fraction of sp³-hybridized carbons (Fsp3) is 0.300. The van der Waals surface area contributed by atoms with Crippen LogP contribution in [0, 0.1) is 0 Å². The van der Waals surface area contributed by atoms with E-state index in [2.05, 4.69) is 18.8 Å². The Kier molecular flexibility index (Phi) is 1.28. The predicted molar refractivity (Wildman–Crippen MR) is 52.0 cm³/mol. The lowest BCUT2D eigenvalue weighted by Crippen LogP contribution is -2.14. The highest BCUT2D eigenvalue weighted by Gasteiger charge is 2.26. The molecule has 0 saturated heterocycles. The van der Waals surface area contributed by atoms with Gasteiger partial charge >= 0.3 is 0 Å². The monoisotopic (exact) mass is 160 g/mol. The maximum Gasteiger partial charge on any atom is 0.0668 e. The number of hydrogen-bond donors (Lipinski definition) is 1. The molecule has 2 nitrogen and oxygen atoms in total. The van der Waals surface area contributed by atoms with E-state index >= 15 is 0 Å². The van der Waals surface area contributed by atoms with Crippen molar-refractivity contribution in [1.82, 2.24) is 0 Å². The molecule has 1 aromatic rings. The molecule has 2 heteroatoms. The van der Waals surface area contributed by atoms with E-state index in [1.807, 2.05) is 24.4 Å². The van der Waals surface area contributed by atoms with Gasteiger partial charge in [-0.2, -0.15) is 0 Å². The van der Waals surface area contributed by atoms with Crippen molar-refractivity contribution in [2.24, 2.45) is 4.99 Å². The number of fused-ring (bicyclic) bond motifs is 1. The Bertz CT molecular complexity index is 351. The minimum atomic E-state index is 0.0463. The van der Waals surface area contributed by atoms with E-state index in [1.54, 1.807) is 0 Å². The highest BCUT2D eigenvalue weighted by molar-refractivity contribution is 5.85. The number of aliphatic imine (C=N–C) groups is 1. The number of benzene rings is 1. The molecule has 2 rings (SSSR count). The number of hydrogen-bond acceptors (Lipinski definition) is 2. The van der Waals surface area contributed by atoms with E-state index in [9.17, 15) is 0 Å². The van der Waals surface area contributed by atoms with Crippen LogP contribution in [0.1, 0.15) is 19.4 Å². The zero-order valence-corrected chi connectivity index (χ0v) is 7.33. The first kappa shape index (κ1) is 7.35. The van der Waals surface area contributed by atoms with E-state index in [-0.39, 0.29) is 5.41 Å². The zero-order valence-electron chi connectivity index (χ0n) is 7.33. The van der Waals surface area contributed by atoms with Crippen LogP contribution in [0.5, 0.6) is 0 Å². The molecule has 0 saturated carbocycles.